The molecule has 0 spiro atoms. The molecular formula is C17H18N4O3. The van der Waals surface area contributed by atoms with Gasteiger partial charge in [0.2, 0.25) is 5.91 Å². The van der Waals surface area contributed by atoms with Crippen LogP contribution in [0, 0.1) is 13.8 Å². The molecule has 0 radical (unpaired) electrons. The highest BCUT2D eigenvalue weighted by Gasteiger charge is 2.16. The van der Waals surface area contributed by atoms with Crippen LogP contribution in [0.3, 0.4) is 0 Å². The number of hydrogen-bond donors (Lipinski definition) is 1. The molecule has 7 heteroatoms. The molecule has 0 bridgehead atoms. The first-order valence-corrected chi connectivity index (χ1v) is 7.70. The zero-order chi connectivity index (χ0) is 17.1. The molecule has 7 nitrogen and oxygen atoms in total. The molecule has 124 valence electrons. The van der Waals surface area contributed by atoms with Crippen LogP contribution in [-0.2, 0) is 17.8 Å². The molecule has 1 N–H and O–H groups in total. The second kappa shape index (κ2) is 6.66. The van der Waals surface area contributed by atoms with Gasteiger partial charge in [-0.25, -0.2) is 0 Å². The van der Waals surface area contributed by atoms with E-state index in [0.717, 1.165) is 12.0 Å². The van der Waals surface area contributed by atoms with Crippen LogP contribution < -0.4 is 10.9 Å². The Kier molecular flexibility index (Phi) is 4.41. The SMILES string of the molecule is Cc1noc2nc(C)n(CC(=O)NCCc3ccccc3)c(=O)c12. The summed E-state index contributed by atoms with van der Waals surface area (Å²) < 4.78 is 6.35. The third kappa shape index (κ3) is 3.19. The van der Waals surface area contributed by atoms with Crippen molar-refractivity contribution in [3.8, 4) is 0 Å². The molecule has 0 aliphatic carbocycles. The van der Waals surface area contributed by atoms with Gasteiger partial charge in [0.1, 0.15) is 17.8 Å². The largest absolute Gasteiger partial charge is 0.354 e. The molecule has 2 aromatic heterocycles. The van der Waals surface area contributed by atoms with Gasteiger partial charge >= 0.3 is 0 Å². The Morgan fingerprint density at radius 2 is 2.00 bits per heavy atom. The van der Waals surface area contributed by atoms with Crippen molar-refractivity contribution in [2.45, 2.75) is 26.8 Å². The summed E-state index contributed by atoms with van der Waals surface area (Å²) in [6.07, 6.45) is 0.739. The van der Waals surface area contributed by atoms with Gasteiger partial charge < -0.3 is 9.84 Å². The molecule has 1 aromatic carbocycles. The van der Waals surface area contributed by atoms with Crippen molar-refractivity contribution in [2.75, 3.05) is 6.54 Å². The van der Waals surface area contributed by atoms with Gasteiger partial charge in [0, 0.05) is 6.54 Å². The molecule has 24 heavy (non-hydrogen) atoms. The van der Waals surface area contributed by atoms with Crippen LogP contribution in [0.15, 0.2) is 39.6 Å². The third-order valence-corrected chi connectivity index (χ3v) is 3.84. The Morgan fingerprint density at radius 3 is 2.75 bits per heavy atom. The van der Waals surface area contributed by atoms with E-state index in [1.165, 1.54) is 4.57 Å². The minimum Gasteiger partial charge on any atom is -0.354 e. The van der Waals surface area contributed by atoms with E-state index in [4.69, 9.17) is 4.52 Å². The van der Waals surface area contributed by atoms with E-state index in [0.29, 0.717) is 23.4 Å². The second-order valence-electron chi connectivity index (χ2n) is 5.58. The molecule has 0 aliphatic heterocycles. The first-order valence-electron chi connectivity index (χ1n) is 7.70. The number of carbonyl (C=O) groups is 1. The number of nitrogens with zero attached hydrogens (tertiary/aromatic N) is 3. The lowest BCUT2D eigenvalue weighted by molar-refractivity contribution is -0.121. The average Bonchev–Trinajstić information content (AvgIpc) is 2.93. The zero-order valence-corrected chi connectivity index (χ0v) is 13.6. The van der Waals surface area contributed by atoms with Gasteiger partial charge in [0.05, 0.1) is 5.69 Å². The standard InChI is InChI=1S/C17H18N4O3/c1-11-15-16(24-20-11)19-12(2)21(17(15)23)10-14(22)18-9-8-13-6-4-3-5-7-13/h3-7H,8-10H2,1-2H3,(H,18,22). The average molecular weight is 326 g/mol. The van der Waals surface area contributed by atoms with Crippen molar-refractivity contribution in [1.29, 1.82) is 0 Å². The van der Waals surface area contributed by atoms with Crippen molar-refractivity contribution in [3.05, 3.63) is 57.8 Å². The Hall–Kier alpha value is -2.96. The van der Waals surface area contributed by atoms with E-state index in [-0.39, 0.29) is 23.7 Å². The van der Waals surface area contributed by atoms with E-state index in [9.17, 15) is 9.59 Å². The van der Waals surface area contributed by atoms with Gasteiger partial charge in [-0.05, 0) is 25.8 Å². The fourth-order valence-corrected chi connectivity index (χ4v) is 2.55. The summed E-state index contributed by atoms with van der Waals surface area (Å²) in [6.45, 7) is 3.77. The fourth-order valence-electron chi connectivity index (χ4n) is 2.55. The second-order valence-corrected chi connectivity index (χ2v) is 5.58. The van der Waals surface area contributed by atoms with E-state index in [1.54, 1.807) is 13.8 Å². The summed E-state index contributed by atoms with van der Waals surface area (Å²) in [6, 6.07) is 9.89. The third-order valence-electron chi connectivity index (χ3n) is 3.84. The lowest BCUT2D eigenvalue weighted by atomic mass is 10.1. The van der Waals surface area contributed by atoms with Crippen molar-refractivity contribution >= 4 is 17.0 Å². The van der Waals surface area contributed by atoms with Crippen molar-refractivity contribution in [1.82, 2.24) is 20.0 Å². The Balaban J connectivity index is 1.69. The van der Waals surface area contributed by atoms with E-state index < -0.39 is 0 Å². The van der Waals surface area contributed by atoms with Crippen molar-refractivity contribution < 1.29 is 9.32 Å². The minimum absolute atomic E-state index is 0.0764. The summed E-state index contributed by atoms with van der Waals surface area (Å²) in [4.78, 5) is 28.8. The first kappa shape index (κ1) is 15.9. The zero-order valence-electron chi connectivity index (χ0n) is 13.6. The molecule has 0 saturated heterocycles. The van der Waals surface area contributed by atoms with Crippen LogP contribution in [0.4, 0.5) is 0 Å². The highest BCUT2D eigenvalue weighted by molar-refractivity contribution is 5.77. The number of amides is 1. The first-order chi connectivity index (χ1) is 11.6. The molecule has 0 unspecified atom stereocenters. The van der Waals surface area contributed by atoms with Crippen LogP contribution in [0.25, 0.3) is 11.1 Å². The highest BCUT2D eigenvalue weighted by atomic mass is 16.5. The molecular weight excluding hydrogens is 308 g/mol. The summed E-state index contributed by atoms with van der Waals surface area (Å²) in [5.74, 6) is 0.188. The summed E-state index contributed by atoms with van der Waals surface area (Å²) >= 11 is 0. The van der Waals surface area contributed by atoms with Gasteiger partial charge in [0.25, 0.3) is 11.3 Å². The lowest BCUT2D eigenvalue weighted by Gasteiger charge is -2.09. The number of aromatic nitrogens is 3. The maximum atomic E-state index is 12.5. The molecule has 1 amide bonds. The van der Waals surface area contributed by atoms with Gasteiger partial charge in [-0.1, -0.05) is 35.5 Å². The maximum absolute atomic E-state index is 12.5. The molecule has 2 heterocycles. The number of benzene rings is 1. The number of fused-ring (bicyclic) bond motifs is 1. The Labute approximate surface area is 138 Å². The minimum atomic E-state index is -0.311. The van der Waals surface area contributed by atoms with Crippen LogP contribution >= 0.6 is 0 Å². The fraction of sp³-hybridized carbons (Fsp3) is 0.294. The Bertz CT molecular complexity index is 928. The predicted molar refractivity (Wildman–Crippen MR) is 88.7 cm³/mol. The summed E-state index contributed by atoms with van der Waals surface area (Å²) in [5.41, 5.74) is 1.51. The highest BCUT2D eigenvalue weighted by Crippen LogP contribution is 2.11. The molecule has 0 fully saturated rings. The summed E-state index contributed by atoms with van der Waals surface area (Å²) in [5, 5.41) is 6.89. The number of aryl methyl sites for hydroxylation is 2. The molecule has 3 rings (SSSR count). The number of carbonyl (C=O) groups excluding carboxylic acids is 1. The monoisotopic (exact) mass is 326 g/mol. The maximum Gasteiger partial charge on any atom is 0.267 e. The van der Waals surface area contributed by atoms with Crippen LogP contribution in [0.5, 0.6) is 0 Å². The summed E-state index contributed by atoms with van der Waals surface area (Å²) in [7, 11) is 0. The quantitative estimate of drug-likeness (QED) is 0.764. The topological polar surface area (TPSA) is 90.0 Å². The molecule has 3 aromatic rings. The number of hydrogen-bond acceptors (Lipinski definition) is 5. The molecule has 0 aliphatic rings. The van der Waals surface area contributed by atoms with Crippen LogP contribution in [-0.4, -0.2) is 27.2 Å². The lowest BCUT2D eigenvalue weighted by Crippen LogP contribution is -2.34. The van der Waals surface area contributed by atoms with E-state index in [2.05, 4.69) is 15.5 Å². The van der Waals surface area contributed by atoms with Crippen LogP contribution in [0.2, 0.25) is 0 Å². The smallest absolute Gasteiger partial charge is 0.267 e. The van der Waals surface area contributed by atoms with Gasteiger partial charge in [-0.2, -0.15) is 4.98 Å². The van der Waals surface area contributed by atoms with Crippen molar-refractivity contribution in [2.24, 2.45) is 0 Å². The van der Waals surface area contributed by atoms with Gasteiger partial charge in [-0.15, -0.1) is 0 Å². The van der Waals surface area contributed by atoms with Crippen LogP contribution in [0.1, 0.15) is 17.1 Å². The van der Waals surface area contributed by atoms with E-state index in [1.807, 2.05) is 30.3 Å². The van der Waals surface area contributed by atoms with Gasteiger partial charge in [-0.3, -0.25) is 14.2 Å². The normalized spacial score (nSPS) is 10.9. The number of nitrogens with one attached hydrogen (secondary N) is 1. The van der Waals surface area contributed by atoms with E-state index >= 15 is 0 Å². The number of rotatable bonds is 5. The van der Waals surface area contributed by atoms with Crippen molar-refractivity contribution in [3.63, 3.8) is 0 Å². The predicted octanol–water partition coefficient (Wildman–Crippen LogP) is 1.36. The van der Waals surface area contributed by atoms with Gasteiger partial charge in [0.15, 0.2) is 0 Å². The molecule has 0 atom stereocenters. The Morgan fingerprint density at radius 1 is 1.25 bits per heavy atom. The molecule has 0 saturated carbocycles.